The molecule has 98 valence electrons. The van der Waals surface area contributed by atoms with Crippen LogP contribution < -0.4 is 16.6 Å². The Hall–Kier alpha value is -1.93. The summed E-state index contributed by atoms with van der Waals surface area (Å²) < 4.78 is 0. The van der Waals surface area contributed by atoms with Gasteiger partial charge in [0.1, 0.15) is 5.82 Å². The van der Waals surface area contributed by atoms with Crippen molar-refractivity contribution >= 4 is 22.8 Å². The number of hydrazine groups is 1. The second kappa shape index (κ2) is 5.61. The fraction of sp³-hybridized carbons (Fsp3) is 0.500. The monoisotopic (exact) mass is 250 g/mol. The van der Waals surface area contributed by atoms with E-state index in [1.54, 1.807) is 6.20 Å². The molecule has 0 radical (unpaired) electrons. The predicted octanol–water partition coefficient (Wildman–Crippen LogP) is 0.00210. The first-order chi connectivity index (χ1) is 8.74. The van der Waals surface area contributed by atoms with Gasteiger partial charge in [-0.25, -0.2) is 5.84 Å². The fourth-order valence-corrected chi connectivity index (χ4v) is 1.56. The Labute approximate surface area is 105 Å². The van der Waals surface area contributed by atoms with Crippen molar-refractivity contribution in [2.24, 2.45) is 5.84 Å². The Morgan fingerprint density at radius 1 is 1.44 bits per heavy atom. The van der Waals surface area contributed by atoms with Crippen LogP contribution in [0.25, 0.3) is 11.0 Å². The average molecular weight is 250 g/mol. The van der Waals surface area contributed by atoms with Crippen LogP contribution in [-0.2, 0) is 0 Å². The molecule has 0 aliphatic heterocycles. The number of aromatic nitrogens is 4. The third-order valence-corrected chi connectivity index (χ3v) is 2.76. The number of nitrogens with one attached hydrogen (secondary N) is 3. The van der Waals surface area contributed by atoms with Crippen LogP contribution in [0.3, 0.4) is 0 Å². The average Bonchev–Trinajstić information content (AvgIpc) is 2.86. The van der Waals surface area contributed by atoms with Gasteiger partial charge in [0.25, 0.3) is 0 Å². The second-order valence-corrected chi connectivity index (χ2v) is 4.00. The molecule has 5 N–H and O–H groups in total. The van der Waals surface area contributed by atoms with E-state index in [-0.39, 0.29) is 0 Å². The van der Waals surface area contributed by atoms with Gasteiger partial charge in [0.15, 0.2) is 5.65 Å². The number of hydrogen-bond donors (Lipinski definition) is 4. The number of aromatic amines is 1. The van der Waals surface area contributed by atoms with Crippen molar-refractivity contribution in [3.8, 4) is 0 Å². The van der Waals surface area contributed by atoms with Crippen LogP contribution in [-0.4, -0.2) is 51.7 Å². The van der Waals surface area contributed by atoms with E-state index in [9.17, 15) is 0 Å². The molecule has 0 spiro atoms. The number of nitrogens with zero attached hydrogens (tertiary/aromatic N) is 4. The molecular formula is C10H18N8. The fourth-order valence-electron chi connectivity index (χ4n) is 1.56. The summed E-state index contributed by atoms with van der Waals surface area (Å²) in [6.45, 7) is 4.87. The van der Waals surface area contributed by atoms with Gasteiger partial charge in [0, 0.05) is 13.1 Å². The summed E-state index contributed by atoms with van der Waals surface area (Å²) in [4.78, 5) is 10.6. The Morgan fingerprint density at radius 2 is 2.28 bits per heavy atom. The number of fused-ring (bicyclic) bond motifs is 1. The van der Waals surface area contributed by atoms with Gasteiger partial charge in [-0.3, -0.25) is 10.5 Å². The molecule has 2 heterocycles. The number of nitrogens with two attached hydrogens (primary N) is 1. The predicted molar refractivity (Wildman–Crippen MR) is 71.2 cm³/mol. The summed E-state index contributed by atoms with van der Waals surface area (Å²) in [7, 11) is 2.07. The van der Waals surface area contributed by atoms with Crippen molar-refractivity contribution < 1.29 is 0 Å². The van der Waals surface area contributed by atoms with Crippen molar-refractivity contribution in [2.45, 2.75) is 6.92 Å². The molecule has 0 saturated carbocycles. The van der Waals surface area contributed by atoms with E-state index in [0.29, 0.717) is 11.6 Å². The van der Waals surface area contributed by atoms with E-state index < -0.39 is 0 Å². The molecule has 0 bridgehead atoms. The van der Waals surface area contributed by atoms with Crippen molar-refractivity contribution in [2.75, 3.05) is 37.4 Å². The largest absolute Gasteiger partial charge is 0.368 e. The Balaban J connectivity index is 2.13. The highest BCUT2D eigenvalue weighted by Gasteiger charge is 2.08. The first-order valence-electron chi connectivity index (χ1n) is 5.84. The normalized spacial score (nSPS) is 11.1. The molecule has 0 aromatic carbocycles. The smallest absolute Gasteiger partial charge is 0.241 e. The van der Waals surface area contributed by atoms with E-state index in [2.05, 4.69) is 49.8 Å². The van der Waals surface area contributed by atoms with Crippen LogP contribution in [0.4, 0.5) is 11.8 Å². The summed E-state index contributed by atoms with van der Waals surface area (Å²) in [5, 5.41) is 10.9. The van der Waals surface area contributed by atoms with E-state index in [4.69, 9.17) is 5.84 Å². The van der Waals surface area contributed by atoms with Crippen LogP contribution in [0.5, 0.6) is 0 Å². The number of anilines is 2. The molecule has 0 aliphatic carbocycles. The summed E-state index contributed by atoms with van der Waals surface area (Å²) >= 11 is 0. The van der Waals surface area contributed by atoms with Crippen molar-refractivity contribution in [3.05, 3.63) is 6.20 Å². The molecule has 0 aliphatic rings. The topological polar surface area (TPSA) is 108 Å². The van der Waals surface area contributed by atoms with Gasteiger partial charge < -0.3 is 10.2 Å². The summed E-state index contributed by atoms with van der Waals surface area (Å²) in [5.41, 5.74) is 3.10. The minimum absolute atomic E-state index is 0.359. The number of nitrogen functional groups attached to an aromatic ring is 1. The highest BCUT2D eigenvalue weighted by molar-refractivity contribution is 5.86. The first kappa shape index (κ1) is 12.5. The Kier molecular flexibility index (Phi) is 3.90. The summed E-state index contributed by atoms with van der Waals surface area (Å²) in [5.74, 6) is 6.42. The van der Waals surface area contributed by atoms with Crippen LogP contribution in [0.15, 0.2) is 6.20 Å². The lowest BCUT2D eigenvalue weighted by Crippen LogP contribution is -2.25. The number of hydrogen-bond acceptors (Lipinski definition) is 7. The molecule has 2 aromatic rings. The van der Waals surface area contributed by atoms with Gasteiger partial charge in [-0.2, -0.15) is 15.1 Å². The van der Waals surface area contributed by atoms with Crippen LogP contribution in [0, 0.1) is 0 Å². The zero-order valence-electron chi connectivity index (χ0n) is 10.6. The third-order valence-electron chi connectivity index (χ3n) is 2.76. The van der Waals surface area contributed by atoms with Gasteiger partial charge in [-0.1, -0.05) is 6.92 Å². The maximum Gasteiger partial charge on any atom is 0.241 e. The van der Waals surface area contributed by atoms with Crippen LogP contribution >= 0.6 is 0 Å². The molecule has 18 heavy (non-hydrogen) atoms. The lowest BCUT2D eigenvalue weighted by Gasteiger charge is -2.14. The molecule has 0 unspecified atom stereocenters. The minimum atomic E-state index is 0.359. The van der Waals surface area contributed by atoms with Gasteiger partial charge in [-0.15, -0.1) is 0 Å². The van der Waals surface area contributed by atoms with E-state index in [1.807, 2.05) is 0 Å². The van der Waals surface area contributed by atoms with E-state index >= 15 is 0 Å². The van der Waals surface area contributed by atoms with Gasteiger partial charge >= 0.3 is 0 Å². The van der Waals surface area contributed by atoms with Crippen molar-refractivity contribution in [1.82, 2.24) is 25.1 Å². The molecule has 8 heteroatoms. The molecule has 0 atom stereocenters. The maximum atomic E-state index is 5.33. The van der Waals surface area contributed by atoms with Crippen molar-refractivity contribution in [1.29, 1.82) is 0 Å². The molecule has 0 saturated heterocycles. The van der Waals surface area contributed by atoms with Gasteiger partial charge in [-0.05, 0) is 13.6 Å². The Morgan fingerprint density at radius 3 is 3.00 bits per heavy atom. The number of H-pyrrole nitrogens is 1. The molecule has 2 aromatic heterocycles. The molecule has 8 nitrogen and oxygen atoms in total. The zero-order chi connectivity index (χ0) is 13.0. The highest BCUT2D eigenvalue weighted by Crippen LogP contribution is 2.19. The minimum Gasteiger partial charge on any atom is -0.368 e. The molecule has 0 fully saturated rings. The SMILES string of the molecule is CCN(C)CCNc1nc(NN)nc2[nH]ncc12. The highest BCUT2D eigenvalue weighted by atomic mass is 15.3. The van der Waals surface area contributed by atoms with Crippen LogP contribution in [0.1, 0.15) is 6.92 Å². The number of likely N-dealkylation sites (N-methyl/N-ethyl adjacent to an activating group) is 1. The lowest BCUT2D eigenvalue weighted by molar-refractivity contribution is 0.367. The van der Waals surface area contributed by atoms with E-state index in [0.717, 1.165) is 30.8 Å². The first-order valence-corrected chi connectivity index (χ1v) is 5.84. The lowest BCUT2D eigenvalue weighted by atomic mass is 10.4. The standard InChI is InChI=1S/C10H18N8/c1-3-18(2)5-4-12-8-7-6-13-17-9(7)15-10(14-8)16-11/h6H,3-5,11H2,1-2H3,(H3,12,13,14,15,16,17). The molecule has 2 rings (SSSR count). The van der Waals surface area contributed by atoms with E-state index in [1.165, 1.54) is 0 Å². The third kappa shape index (κ3) is 2.66. The van der Waals surface area contributed by atoms with Crippen LogP contribution in [0.2, 0.25) is 0 Å². The second-order valence-electron chi connectivity index (χ2n) is 4.00. The maximum absolute atomic E-state index is 5.33. The quantitative estimate of drug-likeness (QED) is 0.422. The summed E-state index contributed by atoms with van der Waals surface area (Å²) in [6.07, 6.45) is 1.70. The molecule has 0 amide bonds. The summed E-state index contributed by atoms with van der Waals surface area (Å²) in [6, 6.07) is 0. The molecular weight excluding hydrogens is 232 g/mol. The number of rotatable bonds is 6. The van der Waals surface area contributed by atoms with Gasteiger partial charge in [0.05, 0.1) is 11.6 Å². The zero-order valence-corrected chi connectivity index (χ0v) is 10.6. The van der Waals surface area contributed by atoms with Gasteiger partial charge in [0.2, 0.25) is 5.95 Å². The Bertz CT molecular complexity index is 508. The van der Waals surface area contributed by atoms with Crippen molar-refractivity contribution in [3.63, 3.8) is 0 Å².